The molecule has 0 spiro atoms. The Hall–Kier alpha value is -1.93. The molecule has 1 aromatic heterocycles. The standard InChI is InChI=1S/C17H23N3O3S2/c1-3-4-5-6-13-7-9-14(10-8-13)18-16(21)11-15-12-24-17(19-15)20-25(2,22)23/h7-10,12H,3-6,11H2,1-2H3,(H,18,21)(H,19,20). The van der Waals surface area contributed by atoms with Gasteiger partial charge in [0.05, 0.1) is 18.4 Å². The molecule has 6 nitrogen and oxygen atoms in total. The van der Waals surface area contributed by atoms with Gasteiger partial charge in [0.2, 0.25) is 15.9 Å². The van der Waals surface area contributed by atoms with Crippen LogP contribution in [-0.2, 0) is 27.7 Å². The van der Waals surface area contributed by atoms with Gasteiger partial charge in [0.25, 0.3) is 0 Å². The predicted molar refractivity (Wildman–Crippen MR) is 103 cm³/mol. The number of nitrogens with zero attached hydrogens (tertiary/aromatic N) is 1. The molecule has 0 fully saturated rings. The summed E-state index contributed by atoms with van der Waals surface area (Å²) < 4.78 is 24.6. The maximum Gasteiger partial charge on any atom is 0.231 e. The van der Waals surface area contributed by atoms with Crippen molar-refractivity contribution in [1.29, 1.82) is 0 Å². The highest BCUT2D eigenvalue weighted by atomic mass is 32.2. The first kappa shape index (κ1) is 19.4. The van der Waals surface area contributed by atoms with E-state index in [1.165, 1.54) is 24.8 Å². The third-order valence-corrected chi connectivity index (χ3v) is 4.97. The maximum atomic E-state index is 12.1. The van der Waals surface area contributed by atoms with E-state index in [-0.39, 0.29) is 17.5 Å². The molecule has 0 aliphatic carbocycles. The van der Waals surface area contributed by atoms with E-state index in [9.17, 15) is 13.2 Å². The Kier molecular flexibility index (Phi) is 6.95. The lowest BCUT2D eigenvalue weighted by molar-refractivity contribution is -0.115. The van der Waals surface area contributed by atoms with Gasteiger partial charge in [-0.1, -0.05) is 31.9 Å². The van der Waals surface area contributed by atoms with Crippen LogP contribution in [0.1, 0.15) is 37.4 Å². The summed E-state index contributed by atoms with van der Waals surface area (Å²) in [5.41, 5.74) is 2.54. The molecular weight excluding hydrogens is 358 g/mol. The number of sulfonamides is 1. The number of hydrogen-bond acceptors (Lipinski definition) is 5. The van der Waals surface area contributed by atoms with Crippen LogP contribution in [-0.4, -0.2) is 25.6 Å². The molecule has 1 amide bonds. The highest BCUT2D eigenvalue weighted by Crippen LogP contribution is 2.18. The monoisotopic (exact) mass is 381 g/mol. The molecule has 25 heavy (non-hydrogen) atoms. The van der Waals surface area contributed by atoms with Gasteiger partial charge < -0.3 is 5.32 Å². The summed E-state index contributed by atoms with van der Waals surface area (Å²) >= 11 is 1.15. The van der Waals surface area contributed by atoms with Crippen molar-refractivity contribution in [1.82, 2.24) is 4.98 Å². The minimum absolute atomic E-state index is 0.0974. The second-order valence-electron chi connectivity index (χ2n) is 5.90. The molecule has 0 atom stereocenters. The number of benzene rings is 1. The van der Waals surface area contributed by atoms with Gasteiger partial charge in [0.15, 0.2) is 5.13 Å². The molecule has 1 heterocycles. The van der Waals surface area contributed by atoms with Crippen LogP contribution in [0.5, 0.6) is 0 Å². The number of carbonyl (C=O) groups is 1. The zero-order chi connectivity index (χ0) is 18.3. The van der Waals surface area contributed by atoms with E-state index in [1.807, 2.05) is 24.3 Å². The molecule has 0 saturated heterocycles. The van der Waals surface area contributed by atoms with E-state index in [0.29, 0.717) is 5.69 Å². The molecule has 0 radical (unpaired) electrons. The second-order valence-corrected chi connectivity index (χ2v) is 8.50. The van der Waals surface area contributed by atoms with Crippen LogP contribution in [0.25, 0.3) is 0 Å². The molecule has 0 saturated carbocycles. The largest absolute Gasteiger partial charge is 0.326 e. The van der Waals surface area contributed by atoms with Gasteiger partial charge >= 0.3 is 0 Å². The van der Waals surface area contributed by atoms with Crippen LogP contribution >= 0.6 is 11.3 Å². The minimum Gasteiger partial charge on any atom is -0.326 e. The summed E-state index contributed by atoms with van der Waals surface area (Å²) in [6, 6.07) is 7.86. The molecule has 0 aliphatic heterocycles. The van der Waals surface area contributed by atoms with Crippen LogP contribution in [0.3, 0.4) is 0 Å². The topological polar surface area (TPSA) is 88.2 Å². The molecule has 2 N–H and O–H groups in total. The van der Waals surface area contributed by atoms with Crippen LogP contribution in [0.2, 0.25) is 0 Å². The molecule has 2 rings (SSSR count). The first-order valence-corrected chi connectivity index (χ1v) is 10.9. The van der Waals surface area contributed by atoms with Crippen LogP contribution in [0, 0.1) is 0 Å². The summed E-state index contributed by atoms with van der Waals surface area (Å²) in [6.45, 7) is 2.18. The highest BCUT2D eigenvalue weighted by molar-refractivity contribution is 7.92. The number of thiazole rings is 1. The first-order valence-electron chi connectivity index (χ1n) is 8.16. The highest BCUT2D eigenvalue weighted by Gasteiger charge is 2.10. The third-order valence-electron chi connectivity index (χ3n) is 3.47. The number of unbranched alkanes of at least 4 members (excludes halogenated alkanes) is 2. The van der Waals surface area contributed by atoms with Crippen molar-refractivity contribution in [2.24, 2.45) is 0 Å². The van der Waals surface area contributed by atoms with E-state index in [4.69, 9.17) is 0 Å². The Balaban J connectivity index is 1.85. The van der Waals surface area contributed by atoms with Gasteiger partial charge in [0.1, 0.15) is 0 Å². The van der Waals surface area contributed by atoms with Gasteiger partial charge in [-0.2, -0.15) is 0 Å². The number of amides is 1. The Morgan fingerprint density at radius 1 is 1.20 bits per heavy atom. The minimum atomic E-state index is -3.36. The molecule has 0 bridgehead atoms. The van der Waals surface area contributed by atoms with Gasteiger partial charge in [-0.25, -0.2) is 13.4 Å². The normalized spacial score (nSPS) is 11.3. The van der Waals surface area contributed by atoms with E-state index in [1.54, 1.807) is 5.38 Å². The lowest BCUT2D eigenvalue weighted by Crippen LogP contribution is -2.15. The van der Waals surface area contributed by atoms with Crippen molar-refractivity contribution >= 4 is 38.1 Å². The van der Waals surface area contributed by atoms with Crippen molar-refractivity contribution in [2.75, 3.05) is 16.3 Å². The van der Waals surface area contributed by atoms with Crippen molar-refractivity contribution in [3.8, 4) is 0 Å². The molecule has 2 aromatic rings. The van der Waals surface area contributed by atoms with Gasteiger partial charge in [-0.15, -0.1) is 11.3 Å². The van der Waals surface area contributed by atoms with Crippen LogP contribution in [0.15, 0.2) is 29.6 Å². The first-order chi connectivity index (χ1) is 11.9. The number of rotatable bonds is 9. The zero-order valence-electron chi connectivity index (χ0n) is 14.4. The lowest BCUT2D eigenvalue weighted by Gasteiger charge is -2.06. The quantitative estimate of drug-likeness (QED) is 0.651. The van der Waals surface area contributed by atoms with Gasteiger partial charge in [-0.3, -0.25) is 9.52 Å². The average Bonchev–Trinajstić information content (AvgIpc) is 2.94. The summed E-state index contributed by atoms with van der Waals surface area (Å²) in [5, 5.41) is 4.77. The SMILES string of the molecule is CCCCCc1ccc(NC(=O)Cc2csc(NS(C)(=O)=O)n2)cc1. The number of nitrogens with one attached hydrogen (secondary N) is 2. The number of anilines is 2. The maximum absolute atomic E-state index is 12.1. The zero-order valence-corrected chi connectivity index (χ0v) is 16.0. The fourth-order valence-corrected chi connectivity index (χ4v) is 3.86. The van der Waals surface area contributed by atoms with Gasteiger partial charge in [-0.05, 0) is 30.5 Å². The average molecular weight is 382 g/mol. The number of aromatic nitrogens is 1. The smallest absolute Gasteiger partial charge is 0.231 e. The molecule has 8 heteroatoms. The van der Waals surface area contributed by atoms with E-state index in [2.05, 4.69) is 21.9 Å². The summed E-state index contributed by atoms with van der Waals surface area (Å²) in [7, 11) is -3.36. The van der Waals surface area contributed by atoms with Gasteiger partial charge in [0, 0.05) is 11.1 Å². The van der Waals surface area contributed by atoms with E-state index >= 15 is 0 Å². The Morgan fingerprint density at radius 2 is 1.92 bits per heavy atom. The van der Waals surface area contributed by atoms with Crippen molar-refractivity contribution in [2.45, 2.75) is 39.0 Å². The van der Waals surface area contributed by atoms with Crippen molar-refractivity contribution < 1.29 is 13.2 Å². The summed E-state index contributed by atoms with van der Waals surface area (Å²) in [6.07, 6.45) is 5.81. The van der Waals surface area contributed by atoms with E-state index < -0.39 is 10.0 Å². The van der Waals surface area contributed by atoms with E-state index in [0.717, 1.165) is 29.7 Å². The molecule has 0 unspecified atom stereocenters. The fraction of sp³-hybridized carbons (Fsp3) is 0.412. The summed E-state index contributed by atoms with van der Waals surface area (Å²) in [4.78, 5) is 16.2. The van der Waals surface area contributed by atoms with Crippen molar-refractivity contribution in [3.05, 3.63) is 40.9 Å². The summed E-state index contributed by atoms with van der Waals surface area (Å²) in [5.74, 6) is -0.185. The number of aryl methyl sites for hydroxylation is 1. The number of hydrogen-bond donors (Lipinski definition) is 2. The Morgan fingerprint density at radius 3 is 2.56 bits per heavy atom. The van der Waals surface area contributed by atoms with Crippen molar-refractivity contribution in [3.63, 3.8) is 0 Å². The Bertz CT molecular complexity index is 799. The van der Waals surface area contributed by atoms with Crippen LogP contribution < -0.4 is 10.0 Å². The molecule has 1 aromatic carbocycles. The lowest BCUT2D eigenvalue weighted by atomic mass is 10.1. The predicted octanol–water partition coefficient (Wildman–Crippen LogP) is 3.43. The van der Waals surface area contributed by atoms with Crippen LogP contribution in [0.4, 0.5) is 10.8 Å². The second kappa shape index (κ2) is 8.96. The fourth-order valence-electron chi connectivity index (χ4n) is 2.30. The molecule has 136 valence electrons. The Labute approximate surface area is 152 Å². The molecular formula is C17H23N3O3S2. The molecule has 0 aliphatic rings. The third kappa shape index (κ3) is 7.23. The number of carbonyl (C=O) groups excluding carboxylic acids is 1.